The summed E-state index contributed by atoms with van der Waals surface area (Å²) in [5, 5.41) is 0. The second kappa shape index (κ2) is 15.1. The first-order valence-electron chi connectivity index (χ1n) is 10.4. The van der Waals surface area contributed by atoms with Crippen LogP contribution in [0, 0.1) is 3.95 Å². The number of aromatic amines is 1. The molecule has 35 heavy (non-hydrogen) atoms. The molecule has 0 spiro atoms. The summed E-state index contributed by atoms with van der Waals surface area (Å²) in [6.45, 7) is 1.74. The standard InChI is InChI=1S/C11H11Cl2NO2S2.C11H11Cl2NO2S/c12-1-3-15-8-5-7-10(18-11(17)14-7)6-9(8)16-4-2-13;12-1-3-15-9-5-8-11(17-7-14-8)6-10(9)16-4-2-13/h5-6H,1-4H2,(H,14,17);5-7H,1-4H2. The number of halogens is 4. The van der Waals surface area contributed by atoms with E-state index in [4.69, 9.17) is 77.6 Å². The van der Waals surface area contributed by atoms with Gasteiger partial charge < -0.3 is 23.9 Å². The van der Waals surface area contributed by atoms with E-state index in [1.807, 2.05) is 24.3 Å². The molecule has 0 bridgehead atoms. The van der Waals surface area contributed by atoms with Gasteiger partial charge in [-0.25, -0.2) is 4.98 Å². The minimum absolute atomic E-state index is 0.423. The van der Waals surface area contributed by atoms with Crippen LogP contribution in [0.2, 0.25) is 0 Å². The summed E-state index contributed by atoms with van der Waals surface area (Å²) < 4.78 is 25.0. The molecule has 0 aliphatic rings. The smallest absolute Gasteiger partial charge is 0.163 e. The van der Waals surface area contributed by atoms with Crippen molar-refractivity contribution in [3.63, 3.8) is 0 Å². The molecule has 13 heteroatoms. The Morgan fingerprint density at radius 1 is 0.714 bits per heavy atom. The maximum atomic E-state index is 5.62. The van der Waals surface area contributed by atoms with Gasteiger partial charge in [-0.1, -0.05) is 0 Å². The summed E-state index contributed by atoms with van der Waals surface area (Å²) in [5.41, 5.74) is 3.63. The number of benzene rings is 2. The van der Waals surface area contributed by atoms with Crippen molar-refractivity contribution in [1.29, 1.82) is 0 Å². The van der Waals surface area contributed by atoms with Crippen molar-refractivity contribution >= 4 is 102 Å². The second-order valence-electron chi connectivity index (χ2n) is 6.58. The van der Waals surface area contributed by atoms with E-state index in [1.54, 1.807) is 16.8 Å². The lowest BCUT2D eigenvalue weighted by Gasteiger charge is -2.11. The predicted molar refractivity (Wildman–Crippen MR) is 151 cm³/mol. The first kappa shape index (κ1) is 28.4. The van der Waals surface area contributed by atoms with Crippen LogP contribution in [0.4, 0.5) is 0 Å². The lowest BCUT2D eigenvalue weighted by Crippen LogP contribution is -2.03. The van der Waals surface area contributed by atoms with Gasteiger partial charge in [0.15, 0.2) is 27.0 Å². The highest BCUT2D eigenvalue weighted by molar-refractivity contribution is 7.73. The van der Waals surface area contributed by atoms with Crippen molar-refractivity contribution in [3.8, 4) is 23.0 Å². The number of nitrogens with one attached hydrogen (secondary N) is 1. The van der Waals surface area contributed by atoms with E-state index in [-0.39, 0.29) is 0 Å². The highest BCUT2D eigenvalue weighted by atomic mass is 35.5. The van der Waals surface area contributed by atoms with E-state index in [0.717, 1.165) is 24.4 Å². The molecule has 0 radical (unpaired) electrons. The largest absolute Gasteiger partial charge is 0.488 e. The van der Waals surface area contributed by atoms with Crippen LogP contribution in [0.3, 0.4) is 0 Å². The van der Waals surface area contributed by atoms with Crippen molar-refractivity contribution in [2.45, 2.75) is 0 Å². The molecule has 0 saturated carbocycles. The molecule has 0 aliphatic carbocycles. The number of ether oxygens (including phenoxy) is 4. The van der Waals surface area contributed by atoms with Gasteiger partial charge in [-0.15, -0.1) is 69.1 Å². The summed E-state index contributed by atoms with van der Waals surface area (Å²) >= 11 is 30.6. The fourth-order valence-electron chi connectivity index (χ4n) is 2.87. The number of hydrogen-bond acceptors (Lipinski definition) is 8. The van der Waals surface area contributed by atoms with Gasteiger partial charge in [0.25, 0.3) is 0 Å². The van der Waals surface area contributed by atoms with Gasteiger partial charge in [-0.2, -0.15) is 0 Å². The number of H-pyrrole nitrogens is 1. The van der Waals surface area contributed by atoms with Gasteiger partial charge in [0.1, 0.15) is 26.4 Å². The first-order chi connectivity index (χ1) is 17.1. The molecule has 6 nitrogen and oxygen atoms in total. The molecule has 2 heterocycles. The van der Waals surface area contributed by atoms with Crippen molar-refractivity contribution in [1.82, 2.24) is 9.97 Å². The average molecular weight is 616 g/mol. The molecule has 4 aromatic rings. The van der Waals surface area contributed by atoms with Crippen LogP contribution in [0.1, 0.15) is 0 Å². The summed E-state index contributed by atoms with van der Waals surface area (Å²) in [6.07, 6.45) is 0. The molecule has 190 valence electrons. The zero-order valence-corrected chi connectivity index (χ0v) is 23.8. The lowest BCUT2D eigenvalue weighted by atomic mass is 10.3. The SMILES string of the molecule is ClCCOc1cc2ncsc2cc1OCCCl.S=c1[nH]c2cc(OCCCl)c(OCCCl)cc2s1. The van der Waals surface area contributed by atoms with E-state index in [9.17, 15) is 0 Å². The highest BCUT2D eigenvalue weighted by Crippen LogP contribution is 2.35. The minimum atomic E-state index is 0.423. The molecule has 4 rings (SSSR count). The normalized spacial score (nSPS) is 10.7. The molecule has 0 unspecified atom stereocenters. The average Bonchev–Trinajstić information content (AvgIpc) is 3.47. The van der Waals surface area contributed by atoms with Crippen LogP contribution in [0.15, 0.2) is 29.8 Å². The number of nitrogens with zero attached hydrogens (tertiary/aromatic N) is 1. The van der Waals surface area contributed by atoms with Crippen molar-refractivity contribution < 1.29 is 18.9 Å². The Morgan fingerprint density at radius 2 is 1.20 bits per heavy atom. The van der Waals surface area contributed by atoms with E-state index in [0.29, 0.717) is 72.9 Å². The van der Waals surface area contributed by atoms with Crippen LogP contribution in [-0.2, 0) is 0 Å². The topological polar surface area (TPSA) is 65.6 Å². The van der Waals surface area contributed by atoms with Gasteiger partial charge in [-0.3, -0.25) is 0 Å². The van der Waals surface area contributed by atoms with E-state index < -0.39 is 0 Å². The summed E-state index contributed by atoms with van der Waals surface area (Å²) in [5.74, 6) is 4.39. The Kier molecular flexibility index (Phi) is 12.3. The van der Waals surface area contributed by atoms with Crippen LogP contribution < -0.4 is 18.9 Å². The van der Waals surface area contributed by atoms with Crippen LogP contribution in [0.25, 0.3) is 20.4 Å². The Balaban J connectivity index is 0.000000196. The predicted octanol–water partition coefficient (Wildman–Crippen LogP) is 7.73. The number of rotatable bonds is 12. The van der Waals surface area contributed by atoms with Crippen molar-refractivity contribution in [2.75, 3.05) is 49.9 Å². The first-order valence-corrected chi connectivity index (χ1v) is 14.6. The molecule has 2 aromatic heterocycles. The van der Waals surface area contributed by atoms with E-state index in [1.165, 1.54) is 11.3 Å². The molecule has 1 N–H and O–H groups in total. The second-order valence-corrected chi connectivity index (χ2v) is 10.7. The summed E-state index contributed by atoms with van der Waals surface area (Å²) in [6, 6.07) is 7.56. The number of fused-ring (bicyclic) bond motifs is 2. The molecule has 0 aliphatic heterocycles. The molecule has 0 amide bonds. The number of thiazole rings is 2. The third kappa shape index (κ3) is 8.42. The molecule has 0 saturated heterocycles. The van der Waals surface area contributed by atoms with Gasteiger partial charge in [0, 0.05) is 24.3 Å². The molecule has 2 aromatic carbocycles. The third-order valence-corrected chi connectivity index (χ3v) is 6.83. The molecule has 0 fully saturated rings. The Hall–Kier alpha value is -1.20. The zero-order chi connectivity index (χ0) is 25.0. The number of hydrogen-bond donors (Lipinski definition) is 1. The fourth-order valence-corrected chi connectivity index (χ4v) is 4.99. The minimum Gasteiger partial charge on any atom is -0.488 e. The maximum absolute atomic E-state index is 5.62. The zero-order valence-electron chi connectivity index (χ0n) is 18.4. The summed E-state index contributed by atoms with van der Waals surface area (Å²) in [7, 11) is 0. The number of alkyl halides is 4. The number of aromatic nitrogens is 2. The monoisotopic (exact) mass is 614 g/mol. The Labute approximate surface area is 236 Å². The quantitative estimate of drug-likeness (QED) is 0.130. The highest BCUT2D eigenvalue weighted by Gasteiger charge is 2.10. The third-order valence-electron chi connectivity index (χ3n) is 4.22. The summed E-state index contributed by atoms with van der Waals surface area (Å²) in [4.78, 5) is 7.33. The van der Waals surface area contributed by atoms with Crippen LogP contribution >= 0.6 is 81.3 Å². The van der Waals surface area contributed by atoms with Crippen molar-refractivity contribution in [2.24, 2.45) is 0 Å². The van der Waals surface area contributed by atoms with Gasteiger partial charge in [0.2, 0.25) is 0 Å². The van der Waals surface area contributed by atoms with Crippen LogP contribution in [-0.4, -0.2) is 59.9 Å². The fraction of sp³-hybridized carbons (Fsp3) is 0.364. The van der Waals surface area contributed by atoms with Gasteiger partial charge >= 0.3 is 0 Å². The van der Waals surface area contributed by atoms with Gasteiger partial charge in [-0.05, 0) is 12.2 Å². The van der Waals surface area contributed by atoms with E-state index in [2.05, 4.69) is 9.97 Å². The van der Waals surface area contributed by atoms with Crippen molar-refractivity contribution in [3.05, 3.63) is 33.7 Å². The Bertz CT molecular complexity index is 1170. The Morgan fingerprint density at radius 3 is 1.74 bits per heavy atom. The van der Waals surface area contributed by atoms with Crippen LogP contribution in [0.5, 0.6) is 23.0 Å². The molecular weight excluding hydrogens is 594 g/mol. The lowest BCUT2D eigenvalue weighted by molar-refractivity contribution is 0.291. The van der Waals surface area contributed by atoms with Gasteiger partial charge in [0.05, 0.1) is 49.5 Å². The maximum Gasteiger partial charge on any atom is 0.163 e. The molecular formula is C22H22Cl4N2O4S3. The van der Waals surface area contributed by atoms with E-state index >= 15 is 0 Å². The molecule has 0 atom stereocenters.